The van der Waals surface area contributed by atoms with Crippen molar-refractivity contribution in [2.75, 3.05) is 0 Å². The van der Waals surface area contributed by atoms with E-state index in [1.807, 2.05) is 0 Å². The van der Waals surface area contributed by atoms with Crippen LogP contribution in [0, 0.1) is 49.0 Å². The summed E-state index contributed by atoms with van der Waals surface area (Å²) in [6.07, 6.45) is 0. The van der Waals surface area contributed by atoms with Crippen LogP contribution in [0.1, 0.15) is 22.3 Å². The highest BCUT2D eigenvalue weighted by molar-refractivity contribution is 6.03. The molecule has 1 aliphatic carbocycles. The molecule has 0 aromatic heterocycles. The van der Waals surface area contributed by atoms with Crippen LogP contribution < -0.4 is 0 Å². The van der Waals surface area contributed by atoms with Crippen LogP contribution in [0.3, 0.4) is 0 Å². The van der Waals surface area contributed by atoms with Crippen LogP contribution in [-0.4, -0.2) is 0 Å². The average molecular weight is 352 g/mol. The predicted octanol–water partition coefficient (Wildman–Crippen LogP) is 5.91. The fraction of sp³-hybridized carbons (Fsp3) is 0.0909. The van der Waals surface area contributed by atoms with Crippen molar-refractivity contribution in [2.45, 2.75) is 13.8 Å². The van der Waals surface area contributed by atoms with Crippen LogP contribution >= 0.6 is 0 Å². The molecule has 0 saturated heterocycles. The number of hydrogen-bond donors (Lipinski definition) is 0. The van der Waals surface area contributed by atoms with Crippen LogP contribution in [-0.2, 0) is 0 Å². The lowest BCUT2D eigenvalue weighted by Gasteiger charge is -2.26. The smallest absolute Gasteiger partial charge is 0.175 e. The Morgan fingerprint density at radius 3 is 2.08 bits per heavy atom. The first kappa shape index (κ1) is 16.4. The predicted molar refractivity (Wildman–Crippen MR) is 92.6 cm³/mol. The number of halogens is 4. The zero-order valence-electron chi connectivity index (χ0n) is 14.0. The lowest BCUT2D eigenvalue weighted by Crippen LogP contribution is -2.09. The molecule has 0 nitrogen and oxygen atoms in total. The fourth-order valence-electron chi connectivity index (χ4n) is 3.12. The summed E-state index contributed by atoms with van der Waals surface area (Å²) in [5.74, 6) is 1.67. The first-order valence-corrected chi connectivity index (χ1v) is 7.98. The molecule has 4 heteroatoms. The van der Waals surface area contributed by atoms with Gasteiger partial charge in [-0.15, -0.1) is 0 Å². The van der Waals surface area contributed by atoms with Gasteiger partial charge in [0.15, 0.2) is 11.6 Å². The molecule has 4 rings (SSSR count). The van der Waals surface area contributed by atoms with Gasteiger partial charge in [0.2, 0.25) is 0 Å². The maximum absolute atomic E-state index is 14.5. The van der Waals surface area contributed by atoms with Crippen LogP contribution in [0.4, 0.5) is 17.6 Å². The number of aryl methyl sites for hydroxylation is 2. The van der Waals surface area contributed by atoms with Crippen molar-refractivity contribution < 1.29 is 17.6 Å². The highest BCUT2D eigenvalue weighted by atomic mass is 19.2. The third kappa shape index (κ3) is 2.32. The summed E-state index contributed by atoms with van der Waals surface area (Å²) in [5, 5.41) is 0. The molecular weight excluding hydrogens is 340 g/mol. The van der Waals surface area contributed by atoms with Gasteiger partial charge in [0, 0.05) is 11.1 Å². The lowest BCUT2D eigenvalue weighted by atomic mass is 9.78. The fourth-order valence-corrected chi connectivity index (χ4v) is 3.12. The molecule has 0 bridgehead atoms. The van der Waals surface area contributed by atoms with Gasteiger partial charge in [-0.05, 0) is 54.3 Å². The van der Waals surface area contributed by atoms with Gasteiger partial charge in [0.25, 0.3) is 0 Å². The molecule has 0 saturated carbocycles. The quantitative estimate of drug-likeness (QED) is 0.273. The van der Waals surface area contributed by atoms with Crippen LogP contribution in [0.15, 0.2) is 36.4 Å². The normalized spacial score (nSPS) is 11.2. The van der Waals surface area contributed by atoms with Crippen molar-refractivity contribution in [3.8, 4) is 34.1 Å². The van der Waals surface area contributed by atoms with Crippen LogP contribution in [0.25, 0.3) is 22.3 Å². The van der Waals surface area contributed by atoms with Crippen molar-refractivity contribution >= 4 is 0 Å². The van der Waals surface area contributed by atoms with Gasteiger partial charge in [-0.1, -0.05) is 30.0 Å². The van der Waals surface area contributed by atoms with E-state index in [-0.39, 0.29) is 22.3 Å². The summed E-state index contributed by atoms with van der Waals surface area (Å²) in [7, 11) is 0. The topological polar surface area (TPSA) is 0 Å². The van der Waals surface area contributed by atoms with E-state index in [1.165, 1.54) is 18.2 Å². The van der Waals surface area contributed by atoms with Gasteiger partial charge in [-0.3, -0.25) is 0 Å². The molecule has 3 aromatic rings. The highest BCUT2D eigenvalue weighted by Gasteiger charge is 2.33. The molecule has 0 heterocycles. The lowest BCUT2D eigenvalue weighted by molar-refractivity contribution is 0.507. The van der Waals surface area contributed by atoms with Gasteiger partial charge in [-0.25, -0.2) is 17.6 Å². The first-order valence-electron chi connectivity index (χ1n) is 7.98. The molecule has 0 fully saturated rings. The maximum Gasteiger partial charge on any atom is 0.175 e. The van der Waals surface area contributed by atoms with Gasteiger partial charge in [0.1, 0.15) is 11.6 Å². The minimum atomic E-state index is -1.16. The second-order valence-electron chi connectivity index (χ2n) is 6.33. The third-order valence-corrected chi connectivity index (χ3v) is 4.54. The minimum absolute atomic E-state index is 0.0641. The maximum atomic E-state index is 14.5. The number of fused-ring (bicyclic) bond motifs is 4. The zero-order valence-corrected chi connectivity index (χ0v) is 14.0. The molecule has 1 aliphatic rings. The van der Waals surface area contributed by atoms with Crippen molar-refractivity contribution in [1.82, 2.24) is 0 Å². The SMILES string of the molecule is Cc1ccc(C#Cc2cc3c(c(F)c2F)-c2c-3ccc(C)c2F)c(F)c1. The second kappa shape index (κ2) is 5.74. The molecule has 26 heavy (non-hydrogen) atoms. The average Bonchev–Trinajstić information content (AvgIpc) is 2.58. The van der Waals surface area contributed by atoms with Gasteiger partial charge < -0.3 is 0 Å². The summed E-state index contributed by atoms with van der Waals surface area (Å²) in [6, 6.07) is 9.13. The van der Waals surface area contributed by atoms with Crippen molar-refractivity contribution in [2.24, 2.45) is 0 Å². The standard InChI is InChI=1S/C22H12F4/c1-11-3-5-13(17(23)9-11)6-7-14-10-16-15-8-4-12(2)20(24)18(15)19(16)22(26)21(14)25/h3-5,8-10H,1-2H3. The number of benzene rings is 3. The van der Waals surface area contributed by atoms with E-state index in [9.17, 15) is 17.6 Å². The minimum Gasteiger partial charge on any atom is -0.206 e. The van der Waals surface area contributed by atoms with E-state index in [0.29, 0.717) is 16.7 Å². The van der Waals surface area contributed by atoms with E-state index >= 15 is 0 Å². The van der Waals surface area contributed by atoms with E-state index in [4.69, 9.17) is 0 Å². The second-order valence-corrected chi connectivity index (χ2v) is 6.33. The zero-order chi connectivity index (χ0) is 18.6. The van der Waals surface area contributed by atoms with Gasteiger partial charge in [-0.2, -0.15) is 0 Å². The molecule has 0 unspecified atom stereocenters. The Hall–Kier alpha value is -3.06. The molecule has 0 aliphatic heterocycles. The van der Waals surface area contributed by atoms with Gasteiger partial charge in [0.05, 0.1) is 11.1 Å². The molecule has 0 N–H and O–H groups in total. The Morgan fingerprint density at radius 2 is 1.35 bits per heavy atom. The monoisotopic (exact) mass is 352 g/mol. The van der Waals surface area contributed by atoms with E-state index in [1.54, 1.807) is 32.0 Å². The summed E-state index contributed by atoms with van der Waals surface area (Å²) < 4.78 is 56.9. The van der Waals surface area contributed by atoms with E-state index < -0.39 is 23.3 Å². The number of rotatable bonds is 0. The molecule has 0 radical (unpaired) electrons. The third-order valence-electron chi connectivity index (χ3n) is 4.54. The molecule has 0 amide bonds. The highest BCUT2D eigenvalue weighted by Crippen LogP contribution is 2.51. The van der Waals surface area contributed by atoms with Crippen molar-refractivity contribution in [1.29, 1.82) is 0 Å². The number of hydrogen-bond acceptors (Lipinski definition) is 0. The molecule has 128 valence electrons. The Balaban J connectivity index is 1.83. The summed E-state index contributed by atoms with van der Waals surface area (Å²) in [6.45, 7) is 3.31. The Morgan fingerprint density at radius 1 is 0.654 bits per heavy atom. The molecule has 0 spiro atoms. The van der Waals surface area contributed by atoms with Crippen molar-refractivity contribution in [3.63, 3.8) is 0 Å². The molecule has 3 aromatic carbocycles. The Kier molecular flexibility index (Phi) is 3.62. The van der Waals surface area contributed by atoms with Crippen LogP contribution in [0.5, 0.6) is 0 Å². The van der Waals surface area contributed by atoms with E-state index in [2.05, 4.69) is 11.8 Å². The Labute approximate surface area is 148 Å². The molecular formula is C22H12F4. The summed E-state index contributed by atoms with van der Waals surface area (Å²) in [4.78, 5) is 0. The summed E-state index contributed by atoms with van der Waals surface area (Å²) >= 11 is 0. The van der Waals surface area contributed by atoms with Crippen molar-refractivity contribution in [3.05, 3.63) is 81.9 Å². The Bertz CT molecular complexity index is 1150. The largest absolute Gasteiger partial charge is 0.206 e. The van der Waals surface area contributed by atoms with Gasteiger partial charge >= 0.3 is 0 Å². The molecule has 0 atom stereocenters. The first-order chi connectivity index (χ1) is 12.4. The van der Waals surface area contributed by atoms with Crippen LogP contribution in [0.2, 0.25) is 0 Å². The summed E-state index contributed by atoms with van der Waals surface area (Å²) in [5.41, 5.74) is 1.98. The van der Waals surface area contributed by atoms with E-state index in [0.717, 1.165) is 5.56 Å².